The van der Waals surface area contributed by atoms with Crippen molar-refractivity contribution < 1.29 is 27.2 Å². The van der Waals surface area contributed by atoms with Crippen molar-refractivity contribution in [2.45, 2.75) is 24.0 Å². The number of benzene rings is 2. The van der Waals surface area contributed by atoms with Crippen molar-refractivity contribution in [3.05, 3.63) is 65.9 Å². The van der Waals surface area contributed by atoms with Crippen LogP contribution < -0.4 is 11.1 Å². The number of sulfone groups is 1. The smallest absolute Gasteiger partial charge is 0.322 e. The lowest BCUT2D eigenvalue weighted by Gasteiger charge is -2.12. The second-order valence-corrected chi connectivity index (χ2v) is 11.3. The van der Waals surface area contributed by atoms with E-state index in [0.717, 1.165) is 4.90 Å². The van der Waals surface area contributed by atoms with Gasteiger partial charge < -0.3 is 10.2 Å². The van der Waals surface area contributed by atoms with Crippen LogP contribution >= 0.6 is 0 Å². The lowest BCUT2D eigenvalue weighted by atomic mass is 10.1. The number of amides is 3. The summed E-state index contributed by atoms with van der Waals surface area (Å²) in [7, 11) is -3.43. The van der Waals surface area contributed by atoms with Gasteiger partial charge in [-0.15, -0.1) is 5.10 Å². The highest BCUT2D eigenvalue weighted by Gasteiger charge is 2.36. The summed E-state index contributed by atoms with van der Waals surface area (Å²) >= 11 is 0. The van der Waals surface area contributed by atoms with Crippen LogP contribution in [-0.2, 0) is 14.6 Å². The number of aromatic nitrogens is 4. The summed E-state index contributed by atoms with van der Waals surface area (Å²) in [6.07, 6.45) is 1.41. The molecule has 13 nitrogen and oxygen atoms in total. The summed E-state index contributed by atoms with van der Waals surface area (Å²) in [5.74, 6) is -2.05. The number of hydrogen-bond donors (Lipinski definition) is 2. The van der Waals surface area contributed by atoms with Crippen molar-refractivity contribution in [1.82, 2.24) is 25.1 Å². The van der Waals surface area contributed by atoms with E-state index in [1.807, 2.05) is 0 Å². The van der Waals surface area contributed by atoms with Crippen LogP contribution in [0.15, 0.2) is 64.0 Å². The first-order valence-electron chi connectivity index (χ1n) is 11.6. The molecule has 0 unspecified atom stereocenters. The molecule has 0 bridgehead atoms. The molecule has 39 heavy (non-hydrogen) atoms. The Balaban J connectivity index is 1.31. The van der Waals surface area contributed by atoms with Gasteiger partial charge in [-0.2, -0.15) is 0 Å². The third-order valence-corrected chi connectivity index (χ3v) is 8.12. The molecular weight excluding hydrogens is 526 g/mol. The molecule has 3 amide bonds. The minimum absolute atomic E-state index is 0.0229. The van der Waals surface area contributed by atoms with Crippen molar-refractivity contribution in [3.8, 4) is 22.8 Å². The standard InChI is InChI=1S/C25H21N7O6S/c1-13(2)39(36,37)15-9-7-14(8-10-15)18-11-27-21(26)20(28-18)22-30-31-25(38-22)29-19(33)12-32-23(34)16-5-3-4-6-17(16)24(32)35/h3-11,13H,12H2,1-2H3,(H2,26,27)(H,29,31,33). The monoisotopic (exact) mass is 547 g/mol. The van der Waals surface area contributed by atoms with Gasteiger partial charge >= 0.3 is 6.01 Å². The molecule has 0 aliphatic carbocycles. The number of nitrogens with two attached hydrogens (primary N) is 1. The second kappa shape index (κ2) is 9.72. The van der Waals surface area contributed by atoms with Crippen molar-refractivity contribution in [2.24, 2.45) is 0 Å². The molecule has 1 aliphatic heterocycles. The molecule has 3 N–H and O–H groups in total. The van der Waals surface area contributed by atoms with Gasteiger partial charge in [-0.3, -0.25) is 24.6 Å². The molecule has 3 heterocycles. The highest BCUT2D eigenvalue weighted by Crippen LogP contribution is 2.28. The fourth-order valence-corrected chi connectivity index (χ4v) is 4.90. The summed E-state index contributed by atoms with van der Waals surface area (Å²) in [4.78, 5) is 47.0. The topological polar surface area (TPSA) is 191 Å². The molecule has 0 radical (unpaired) electrons. The second-order valence-electron chi connectivity index (χ2n) is 8.81. The number of anilines is 2. The SMILES string of the molecule is CC(C)S(=O)(=O)c1ccc(-c2cnc(N)c(-c3nnc(NC(=O)CN4C(=O)c5ccccc5C4=O)o3)n2)cc1. The fourth-order valence-electron chi connectivity index (χ4n) is 3.84. The third-order valence-electron chi connectivity index (χ3n) is 5.95. The normalized spacial score (nSPS) is 13.2. The Labute approximate surface area is 222 Å². The Morgan fingerprint density at radius 1 is 1.03 bits per heavy atom. The Bertz CT molecular complexity index is 1700. The molecule has 0 saturated heterocycles. The van der Waals surface area contributed by atoms with E-state index < -0.39 is 39.4 Å². The van der Waals surface area contributed by atoms with Gasteiger partial charge in [-0.05, 0) is 38.1 Å². The number of rotatable bonds is 7. The first kappa shape index (κ1) is 25.7. The van der Waals surface area contributed by atoms with Crippen molar-refractivity contribution in [3.63, 3.8) is 0 Å². The van der Waals surface area contributed by atoms with Crippen LogP contribution in [0.25, 0.3) is 22.8 Å². The van der Waals surface area contributed by atoms with E-state index in [1.165, 1.54) is 30.5 Å². The molecule has 2 aromatic heterocycles. The van der Waals surface area contributed by atoms with Crippen LogP contribution in [0.3, 0.4) is 0 Å². The number of hydrogen-bond acceptors (Lipinski definition) is 11. The minimum atomic E-state index is -3.43. The first-order chi connectivity index (χ1) is 18.6. The van der Waals surface area contributed by atoms with Crippen LogP contribution in [0.2, 0.25) is 0 Å². The molecule has 4 aromatic rings. The summed E-state index contributed by atoms with van der Waals surface area (Å²) in [5.41, 5.74) is 7.38. The molecule has 2 aromatic carbocycles. The molecule has 0 atom stereocenters. The predicted octanol–water partition coefficient (Wildman–Crippen LogP) is 2.19. The van der Waals surface area contributed by atoms with E-state index in [2.05, 4.69) is 25.5 Å². The number of carbonyl (C=O) groups excluding carboxylic acids is 3. The molecule has 1 aliphatic rings. The van der Waals surface area contributed by atoms with Crippen molar-refractivity contribution in [2.75, 3.05) is 17.6 Å². The van der Waals surface area contributed by atoms with E-state index in [4.69, 9.17) is 10.2 Å². The lowest BCUT2D eigenvalue weighted by molar-refractivity contribution is -0.116. The third kappa shape index (κ3) is 4.72. The Kier molecular flexibility index (Phi) is 6.39. The predicted molar refractivity (Wildman–Crippen MR) is 138 cm³/mol. The van der Waals surface area contributed by atoms with Crippen molar-refractivity contribution >= 4 is 39.4 Å². The number of nitrogens with one attached hydrogen (secondary N) is 1. The number of nitrogens with zero attached hydrogens (tertiary/aromatic N) is 5. The van der Waals surface area contributed by atoms with Crippen LogP contribution in [0.4, 0.5) is 11.8 Å². The maximum Gasteiger partial charge on any atom is 0.322 e. The zero-order valence-electron chi connectivity index (χ0n) is 20.7. The number of imide groups is 1. The van der Waals surface area contributed by atoms with Crippen LogP contribution in [0.5, 0.6) is 0 Å². The summed E-state index contributed by atoms with van der Waals surface area (Å²) < 4.78 is 30.2. The van der Waals surface area contributed by atoms with Gasteiger partial charge in [0.25, 0.3) is 17.7 Å². The zero-order chi connectivity index (χ0) is 27.9. The first-order valence-corrected chi connectivity index (χ1v) is 13.2. The lowest BCUT2D eigenvalue weighted by Crippen LogP contribution is -2.37. The van der Waals surface area contributed by atoms with Gasteiger partial charge in [-0.25, -0.2) is 18.4 Å². The van der Waals surface area contributed by atoms with Gasteiger partial charge in [-0.1, -0.05) is 29.4 Å². The van der Waals surface area contributed by atoms with E-state index in [9.17, 15) is 22.8 Å². The summed E-state index contributed by atoms with van der Waals surface area (Å²) in [6, 6.07) is 12.1. The summed E-state index contributed by atoms with van der Waals surface area (Å²) in [5, 5.41) is 9.40. The fraction of sp³-hybridized carbons (Fsp3) is 0.160. The zero-order valence-corrected chi connectivity index (χ0v) is 21.5. The average Bonchev–Trinajstić information content (AvgIpc) is 3.47. The Morgan fingerprint density at radius 3 is 2.28 bits per heavy atom. The van der Waals surface area contributed by atoms with Crippen LogP contribution in [-0.4, -0.2) is 63.0 Å². The van der Waals surface area contributed by atoms with E-state index in [0.29, 0.717) is 11.3 Å². The summed E-state index contributed by atoms with van der Waals surface area (Å²) in [6.45, 7) is 2.66. The largest absolute Gasteiger partial charge is 0.401 e. The van der Waals surface area contributed by atoms with E-state index in [-0.39, 0.29) is 39.4 Å². The maximum atomic E-state index is 12.5. The highest BCUT2D eigenvalue weighted by atomic mass is 32.2. The molecule has 5 rings (SSSR count). The average molecular weight is 548 g/mol. The van der Waals surface area contributed by atoms with Gasteiger partial charge in [0, 0.05) is 5.56 Å². The number of fused-ring (bicyclic) bond motifs is 1. The molecule has 0 saturated carbocycles. The number of nitrogen functional groups attached to an aromatic ring is 1. The minimum Gasteiger partial charge on any atom is -0.401 e. The van der Waals surface area contributed by atoms with E-state index >= 15 is 0 Å². The van der Waals surface area contributed by atoms with E-state index in [1.54, 1.807) is 38.1 Å². The molecule has 0 spiro atoms. The molecule has 198 valence electrons. The van der Waals surface area contributed by atoms with Crippen LogP contribution in [0, 0.1) is 0 Å². The maximum absolute atomic E-state index is 12.5. The number of carbonyl (C=O) groups is 3. The van der Waals surface area contributed by atoms with Gasteiger partial charge in [0.15, 0.2) is 21.3 Å². The molecular formula is C25H21N7O6S. The van der Waals surface area contributed by atoms with Crippen LogP contribution in [0.1, 0.15) is 34.6 Å². The molecule has 14 heteroatoms. The van der Waals surface area contributed by atoms with Crippen molar-refractivity contribution in [1.29, 1.82) is 0 Å². The van der Waals surface area contributed by atoms with Gasteiger partial charge in [0.05, 0.1) is 33.2 Å². The quantitative estimate of drug-likeness (QED) is 0.322. The van der Waals surface area contributed by atoms with Gasteiger partial charge in [0.1, 0.15) is 6.54 Å². The van der Waals surface area contributed by atoms with Gasteiger partial charge in [0.2, 0.25) is 5.91 Å². The molecule has 0 fully saturated rings. The Morgan fingerprint density at radius 2 is 1.67 bits per heavy atom. The highest BCUT2D eigenvalue weighted by molar-refractivity contribution is 7.92. The Hall–Kier alpha value is -4.98.